The topological polar surface area (TPSA) is 64.8 Å². The van der Waals surface area contributed by atoms with E-state index in [2.05, 4.69) is 0 Å². The molecule has 5 nitrogen and oxygen atoms in total. The van der Waals surface area contributed by atoms with Crippen LogP contribution in [0.25, 0.3) is 0 Å². The number of ether oxygens (including phenoxy) is 2. The number of nitrogens with zero attached hydrogens (tertiary/aromatic N) is 1. The van der Waals surface area contributed by atoms with Gasteiger partial charge < -0.3 is 20.1 Å². The van der Waals surface area contributed by atoms with E-state index in [1.807, 2.05) is 4.90 Å². The van der Waals surface area contributed by atoms with E-state index in [0.29, 0.717) is 12.7 Å². The smallest absolute Gasteiger partial charge is 0.227 e. The van der Waals surface area contributed by atoms with E-state index < -0.39 is 0 Å². The van der Waals surface area contributed by atoms with Crippen molar-refractivity contribution in [1.82, 2.24) is 4.90 Å². The van der Waals surface area contributed by atoms with Gasteiger partial charge in [0.1, 0.15) is 0 Å². The van der Waals surface area contributed by atoms with Crippen LogP contribution in [0.5, 0.6) is 0 Å². The van der Waals surface area contributed by atoms with Gasteiger partial charge in [0, 0.05) is 25.7 Å². The van der Waals surface area contributed by atoms with Crippen molar-refractivity contribution in [3.8, 4) is 0 Å². The van der Waals surface area contributed by atoms with Gasteiger partial charge in [0.05, 0.1) is 24.7 Å². The van der Waals surface area contributed by atoms with Crippen LogP contribution >= 0.6 is 0 Å². The van der Waals surface area contributed by atoms with E-state index in [0.717, 1.165) is 64.6 Å². The van der Waals surface area contributed by atoms with E-state index in [-0.39, 0.29) is 24.0 Å². The summed E-state index contributed by atoms with van der Waals surface area (Å²) in [6, 6.07) is 0.0750. The number of nitrogens with two attached hydrogens (primary N) is 1. The number of rotatable bonds is 4. The minimum Gasteiger partial charge on any atom is -0.376 e. The fourth-order valence-electron chi connectivity index (χ4n) is 3.79. The highest BCUT2D eigenvalue weighted by molar-refractivity contribution is 5.80. The first-order chi connectivity index (χ1) is 10.2. The van der Waals surface area contributed by atoms with Crippen molar-refractivity contribution in [2.75, 3.05) is 26.3 Å². The van der Waals surface area contributed by atoms with Crippen molar-refractivity contribution >= 4 is 5.91 Å². The van der Waals surface area contributed by atoms with Crippen molar-refractivity contribution in [3.63, 3.8) is 0 Å². The number of carbonyl (C=O) groups excluding carboxylic acids is 1. The second-order valence-corrected chi connectivity index (χ2v) is 6.69. The maximum atomic E-state index is 12.5. The minimum absolute atomic E-state index is 0.0642. The molecule has 1 aliphatic carbocycles. The highest BCUT2D eigenvalue weighted by Crippen LogP contribution is 2.27. The first-order valence-corrected chi connectivity index (χ1v) is 8.51. The van der Waals surface area contributed by atoms with Gasteiger partial charge in [-0.15, -0.1) is 0 Å². The molecule has 2 saturated heterocycles. The van der Waals surface area contributed by atoms with Crippen LogP contribution in [0.4, 0.5) is 0 Å². The first-order valence-electron chi connectivity index (χ1n) is 8.51. The summed E-state index contributed by atoms with van der Waals surface area (Å²) >= 11 is 0. The zero-order valence-corrected chi connectivity index (χ0v) is 12.8. The Morgan fingerprint density at radius 2 is 1.95 bits per heavy atom. The molecule has 21 heavy (non-hydrogen) atoms. The minimum atomic E-state index is 0.0642. The zero-order chi connectivity index (χ0) is 14.7. The summed E-state index contributed by atoms with van der Waals surface area (Å²) in [5.74, 6) is 0.340. The van der Waals surface area contributed by atoms with Gasteiger partial charge in [-0.25, -0.2) is 0 Å². The molecule has 0 unspecified atom stereocenters. The van der Waals surface area contributed by atoms with Crippen LogP contribution in [0.3, 0.4) is 0 Å². The average Bonchev–Trinajstić information content (AvgIpc) is 3.16. The third-order valence-electron chi connectivity index (χ3n) is 5.18. The Kier molecular flexibility index (Phi) is 5.14. The van der Waals surface area contributed by atoms with Crippen LogP contribution in [0.1, 0.15) is 44.9 Å². The molecular formula is C16H28N2O3. The van der Waals surface area contributed by atoms with Gasteiger partial charge in [-0.05, 0) is 38.5 Å². The van der Waals surface area contributed by atoms with Gasteiger partial charge in [0.2, 0.25) is 5.91 Å². The van der Waals surface area contributed by atoms with E-state index >= 15 is 0 Å². The fourth-order valence-corrected chi connectivity index (χ4v) is 3.79. The molecule has 0 radical (unpaired) electrons. The summed E-state index contributed by atoms with van der Waals surface area (Å²) < 4.78 is 11.5. The average molecular weight is 296 g/mol. The third-order valence-corrected chi connectivity index (χ3v) is 5.18. The summed E-state index contributed by atoms with van der Waals surface area (Å²) in [6.45, 7) is 3.23. The number of hydrogen-bond acceptors (Lipinski definition) is 4. The summed E-state index contributed by atoms with van der Waals surface area (Å²) in [6.07, 6.45) is 7.81. The molecule has 2 heterocycles. The number of hydrogen-bond donors (Lipinski definition) is 1. The molecule has 1 saturated carbocycles. The third kappa shape index (κ3) is 3.76. The number of piperidine rings is 1. The van der Waals surface area contributed by atoms with Crippen LogP contribution in [0.15, 0.2) is 0 Å². The number of carbonyl (C=O) groups is 1. The van der Waals surface area contributed by atoms with Crippen LogP contribution < -0.4 is 5.73 Å². The van der Waals surface area contributed by atoms with Gasteiger partial charge in [-0.1, -0.05) is 6.42 Å². The molecule has 2 N–H and O–H groups in total. The normalized spacial score (nSPS) is 34.5. The predicted octanol–water partition coefficient (Wildman–Crippen LogP) is 1.30. The van der Waals surface area contributed by atoms with Crippen molar-refractivity contribution < 1.29 is 14.3 Å². The largest absolute Gasteiger partial charge is 0.376 e. The molecule has 3 aliphatic rings. The van der Waals surface area contributed by atoms with Crippen molar-refractivity contribution in [2.24, 2.45) is 11.7 Å². The van der Waals surface area contributed by atoms with Crippen molar-refractivity contribution in [1.29, 1.82) is 0 Å². The molecule has 120 valence electrons. The van der Waals surface area contributed by atoms with Crippen molar-refractivity contribution in [3.05, 3.63) is 0 Å². The van der Waals surface area contributed by atoms with E-state index in [1.165, 1.54) is 0 Å². The summed E-state index contributed by atoms with van der Waals surface area (Å²) in [7, 11) is 0. The molecule has 0 aromatic heterocycles. The van der Waals surface area contributed by atoms with Crippen LogP contribution in [0, 0.1) is 5.92 Å². The molecular weight excluding hydrogens is 268 g/mol. The number of likely N-dealkylation sites (tertiary alicyclic amines) is 1. The molecule has 5 heteroatoms. The lowest BCUT2D eigenvalue weighted by molar-refractivity contribution is -0.138. The Bertz CT molecular complexity index is 349. The lowest BCUT2D eigenvalue weighted by Crippen LogP contribution is -2.46. The molecule has 0 aromatic carbocycles. The zero-order valence-electron chi connectivity index (χ0n) is 12.8. The summed E-state index contributed by atoms with van der Waals surface area (Å²) in [5, 5.41) is 0. The second kappa shape index (κ2) is 7.07. The van der Waals surface area contributed by atoms with Crippen LogP contribution in [0.2, 0.25) is 0 Å². The molecule has 3 atom stereocenters. The highest BCUT2D eigenvalue weighted by Gasteiger charge is 2.35. The lowest BCUT2D eigenvalue weighted by Gasteiger charge is -2.34. The Labute approximate surface area is 127 Å². The van der Waals surface area contributed by atoms with E-state index in [1.54, 1.807) is 0 Å². The Morgan fingerprint density at radius 1 is 1.14 bits per heavy atom. The second-order valence-electron chi connectivity index (χ2n) is 6.69. The van der Waals surface area contributed by atoms with Crippen LogP contribution in [-0.2, 0) is 14.3 Å². The Hall–Kier alpha value is -0.650. The fraction of sp³-hybridized carbons (Fsp3) is 0.938. The van der Waals surface area contributed by atoms with E-state index in [4.69, 9.17) is 15.2 Å². The van der Waals surface area contributed by atoms with Gasteiger partial charge in [-0.2, -0.15) is 0 Å². The lowest BCUT2D eigenvalue weighted by atomic mass is 10.00. The quantitative estimate of drug-likeness (QED) is 0.849. The standard InChI is InChI=1S/C16H28N2O3/c17-15-5-1-4-14(15)16(19)18-8-6-12(7-9-18)21-11-13-3-2-10-20-13/h12-15H,1-11,17H2/t13-,14+,15+/m0/s1. The van der Waals surface area contributed by atoms with Crippen molar-refractivity contribution in [2.45, 2.75) is 63.2 Å². The van der Waals surface area contributed by atoms with Gasteiger partial charge in [-0.3, -0.25) is 4.79 Å². The maximum Gasteiger partial charge on any atom is 0.227 e. The summed E-state index contributed by atoms with van der Waals surface area (Å²) in [5.41, 5.74) is 6.05. The maximum absolute atomic E-state index is 12.5. The van der Waals surface area contributed by atoms with Gasteiger partial charge in [0.25, 0.3) is 0 Å². The molecule has 0 bridgehead atoms. The first kappa shape index (κ1) is 15.3. The highest BCUT2D eigenvalue weighted by atomic mass is 16.5. The number of amides is 1. The van der Waals surface area contributed by atoms with E-state index in [9.17, 15) is 4.79 Å². The monoisotopic (exact) mass is 296 g/mol. The molecule has 1 amide bonds. The molecule has 3 fully saturated rings. The summed E-state index contributed by atoms with van der Waals surface area (Å²) in [4.78, 5) is 14.5. The molecule has 0 aromatic rings. The molecule has 3 rings (SSSR count). The van der Waals surface area contributed by atoms with Crippen LogP contribution in [-0.4, -0.2) is 55.4 Å². The van der Waals surface area contributed by atoms with Gasteiger partial charge >= 0.3 is 0 Å². The van der Waals surface area contributed by atoms with Gasteiger partial charge in [0.15, 0.2) is 0 Å². The SMILES string of the molecule is N[C@@H]1CCC[C@H]1C(=O)N1CCC(OC[C@@H]2CCCO2)CC1. The predicted molar refractivity (Wildman–Crippen MR) is 79.8 cm³/mol. The molecule has 2 aliphatic heterocycles. The Balaban J connectivity index is 1.39. The molecule has 0 spiro atoms. The Morgan fingerprint density at radius 3 is 2.57 bits per heavy atom.